The Labute approximate surface area is 81.0 Å². The van der Waals surface area contributed by atoms with E-state index >= 15 is 0 Å². The first kappa shape index (κ1) is 8.87. The Morgan fingerprint density at radius 1 is 1.36 bits per heavy atom. The van der Waals surface area contributed by atoms with E-state index in [1.165, 1.54) is 0 Å². The van der Waals surface area contributed by atoms with Gasteiger partial charge in [0.25, 0.3) is 0 Å². The van der Waals surface area contributed by atoms with Crippen LogP contribution < -0.4 is 5.69 Å². The lowest BCUT2D eigenvalue weighted by atomic mass is 10.1. The zero-order valence-electron chi connectivity index (χ0n) is 8.11. The maximum atomic E-state index is 11.1. The second-order valence-corrected chi connectivity index (χ2v) is 3.50. The van der Waals surface area contributed by atoms with Crippen LogP contribution in [0.1, 0.15) is 25.5 Å². The summed E-state index contributed by atoms with van der Waals surface area (Å²) in [5.74, 6) is 0.289. The Balaban J connectivity index is 2.84. The lowest BCUT2D eigenvalue weighted by molar-refractivity contribution is 0.828. The van der Waals surface area contributed by atoms with Crippen LogP contribution in [0, 0.1) is 0 Å². The monoisotopic (exact) mass is 189 g/mol. The van der Waals surface area contributed by atoms with Crippen molar-refractivity contribution in [2.24, 2.45) is 0 Å². The summed E-state index contributed by atoms with van der Waals surface area (Å²) in [4.78, 5) is 21.7. The van der Waals surface area contributed by atoms with E-state index in [1.54, 1.807) is 12.4 Å². The molecule has 0 saturated heterocycles. The molecule has 72 valence electrons. The largest absolute Gasteiger partial charge is 0.345 e. The van der Waals surface area contributed by atoms with Crippen LogP contribution in [0.2, 0.25) is 0 Å². The van der Waals surface area contributed by atoms with E-state index in [-0.39, 0.29) is 11.6 Å². The first-order valence-corrected chi connectivity index (χ1v) is 4.52. The Morgan fingerprint density at radius 3 is 2.86 bits per heavy atom. The number of aromatic amines is 1. The molecule has 0 spiro atoms. The van der Waals surface area contributed by atoms with Gasteiger partial charge in [0.1, 0.15) is 0 Å². The zero-order chi connectivity index (χ0) is 10.1. The fraction of sp³-hybridized carbons (Fsp3) is 0.300. The molecule has 1 N–H and O–H groups in total. The van der Waals surface area contributed by atoms with Gasteiger partial charge in [0.05, 0.1) is 11.2 Å². The highest BCUT2D eigenvalue weighted by atomic mass is 16.1. The summed E-state index contributed by atoms with van der Waals surface area (Å²) in [6.45, 7) is 4.08. The molecule has 0 aliphatic rings. The van der Waals surface area contributed by atoms with E-state index < -0.39 is 0 Å². The van der Waals surface area contributed by atoms with Crippen molar-refractivity contribution < 1.29 is 0 Å². The van der Waals surface area contributed by atoms with Crippen molar-refractivity contribution in [2.45, 2.75) is 19.8 Å². The van der Waals surface area contributed by atoms with Crippen molar-refractivity contribution in [2.75, 3.05) is 0 Å². The van der Waals surface area contributed by atoms with Crippen molar-refractivity contribution in [3.63, 3.8) is 0 Å². The van der Waals surface area contributed by atoms with Crippen LogP contribution in [0.4, 0.5) is 0 Å². The Morgan fingerprint density at radius 2 is 2.14 bits per heavy atom. The van der Waals surface area contributed by atoms with Crippen LogP contribution in [-0.2, 0) is 0 Å². The van der Waals surface area contributed by atoms with E-state index in [1.807, 2.05) is 19.9 Å². The van der Waals surface area contributed by atoms with Crippen LogP contribution >= 0.6 is 0 Å². The highest BCUT2D eigenvalue weighted by Gasteiger charge is 2.06. The second kappa shape index (κ2) is 3.21. The number of aromatic nitrogens is 3. The summed E-state index contributed by atoms with van der Waals surface area (Å²) >= 11 is 0. The number of rotatable bonds is 1. The van der Waals surface area contributed by atoms with Crippen LogP contribution in [-0.4, -0.2) is 15.0 Å². The van der Waals surface area contributed by atoms with Gasteiger partial charge in [-0.3, -0.25) is 4.98 Å². The highest BCUT2D eigenvalue weighted by Crippen LogP contribution is 2.18. The van der Waals surface area contributed by atoms with Gasteiger partial charge in [-0.2, -0.15) is 0 Å². The Kier molecular flexibility index (Phi) is 2.04. The summed E-state index contributed by atoms with van der Waals surface area (Å²) in [5, 5.41) is 0.920. The number of pyridine rings is 1. The fourth-order valence-corrected chi connectivity index (χ4v) is 1.44. The average Bonchev–Trinajstić information content (AvgIpc) is 2.16. The normalized spacial score (nSPS) is 11.1. The zero-order valence-corrected chi connectivity index (χ0v) is 8.11. The van der Waals surface area contributed by atoms with Crippen LogP contribution in [0.25, 0.3) is 10.9 Å². The number of hydrogen-bond acceptors (Lipinski definition) is 3. The molecule has 2 aromatic rings. The third-order valence-electron chi connectivity index (χ3n) is 2.11. The van der Waals surface area contributed by atoms with Gasteiger partial charge in [0.15, 0.2) is 0 Å². The lowest BCUT2D eigenvalue weighted by Gasteiger charge is -2.06. The summed E-state index contributed by atoms with van der Waals surface area (Å²) in [6, 6.07) is 1.84. The fourth-order valence-electron chi connectivity index (χ4n) is 1.44. The summed E-state index contributed by atoms with van der Waals surface area (Å²) < 4.78 is 0. The molecule has 0 aliphatic heterocycles. The van der Waals surface area contributed by atoms with E-state index in [0.717, 1.165) is 16.6 Å². The van der Waals surface area contributed by atoms with Gasteiger partial charge in [0.2, 0.25) is 0 Å². The second-order valence-electron chi connectivity index (χ2n) is 3.50. The third kappa shape index (κ3) is 1.39. The number of H-pyrrole nitrogens is 1. The molecule has 2 aromatic heterocycles. The molecule has 0 fully saturated rings. The van der Waals surface area contributed by atoms with E-state index in [2.05, 4.69) is 15.0 Å². The molecule has 0 saturated carbocycles. The first-order chi connectivity index (χ1) is 6.68. The van der Waals surface area contributed by atoms with Gasteiger partial charge in [-0.05, 0) is 12.0 Å². The van der Waals surface area contributed by atoms with Crippen molar-refractivity contribution in [3.8, 4) is 0 Å². The molecule has 0 radical (unpaired) electrons. The maximum absolute atomic E-state index is 11.1. The van der Waals surface area contributed by atoms with Crippen molar-refractivity contribution in [3.05, 3.63) is 34.6 Å². The number of nitrogens with zero attached hydrogens (tertiary/aromatic N) is 2. The van der Waals surface area contributed by atoms with Crippen molar-refractivity contribution in [1.29, 1.82) is 0 Å². The maximum Gasteiger partial charge on any atom is 0.345 e. The Bertz CT molecular complexity index is 516. The highest BCUT2D eigenvalue weighted by molar-refractivity contribution is 5.79. The smallest absolute Gasteiger partial charge is 0.304 e. The van der Waals surface area contributed by atoms with Crippen molar-refractivity contribution in [1.82, 2.24) is 15.0 Å². The van der Waals surface area contributed by atoms with Crippen LogP contribution in [0.3, 0.4) is 0 Å². The van der Waals surface area contributed by atoms with Gasteiger partial charge in [-0.1, -0.05) is 13.8 Å². The molecule has 14 heavy (non-hydrogen) atoms. The van der Waals surface area contributed by atoms with Gasteiger partial charge in [0, 0.05) is 17.8 Å². The quantitative estimate of drug-likeness (QED) is 0.738. The average molecular weight is 189 g/mol. The van der Waals surface area contributed by atoms with E-state index in [0.29, 0.717) is 0 Å². The molecule has 4 heteroatoms. The summed E-state index contributed by atoms with van der Waals surface area (Å²) in [5.41, 5.74) is 1.37. The van der Waals surface area contributed by atoms with Crippen LogP contribution in [0.15, 0.2) is 23.3 Å². The van der Waals surface area contributed by atoms with E-state index in [9.17, 15) is 4.79 Å². The number of nitrogens with one attached hydrogen (secondary N) is 1. The van der Waals surface area contributed by atoms with Crippen molar-refractivity contribution >= 4 is 10.9 Å². The molecular weight excluding hydrogens is 178 g/mol. The molecule has 2 rings (SSSR count). The van der Waals surface area contributed by atoms with Crippen LogP contribution in [0.5, 0.6) is 0 Å². The van der Waals surface area contributed by atoms with E-state index in [4.69, 9.17) is 0 Å². The molecule has 4 nitrogen and oxygen atoms in total. The minimum atomic E-state index is -0.326. The Hall–Kier alpha value is -1.71. The first-order valence-electron chi connectivity index (χ1n) is 4.52. The number of fused-ring (bicyclic) bond motifs is 1. The lowest BCUT2D eigenvalue weighted by Crippen LogP contribution is -2.10. The minimum Gasteiger partial charge on any atom is -0.304 e. The topological polar surface area (TPSA) is 58.6 Å². The summed E-state index contributed by atoms with van der Waals surface area (Å²) in [7, 11) is 0. The third-order valence-corrected chi connectivity index (χ3v) is 2.11. The standard InChI is InChI=1S/C10H11N3O/c1-6(2)8-9-7(3-4-11-8)5-12-10(14)13-9/h3-6H,1-2H3,(H,12,13,14). The molecule has 0 aliphatic carbocycles. The molecule has 0 unspecified atom stereocenters. The molecule has 0 aromatic carbocycles. The van der Waals surface area contributed by atoms with Gasteiger partial charge in [-0.25, -0.2) is 9.78 Å². The SMILES string of the molecule is CC(C)c1nccc2cnc(=O)[nH]c12. The molecular formula is C10H11N3O. The predicted molar refractivity (Wildman–Crippen MR) is 54.2 cm³/mol. The van der Waals surface area contributed by atoms with Gasteiger partial charge >= 0.3 is 5.69 Å². The molecule has 0 atom stereocenters. The van der Waals surface area contributed by atoms with Gasteiger partial charge < -0.3 is 4.98 Å². The van der Waals surface area contributed by atoms with Gasteiger partial charge in [-0.15, -0.1) is 0 Å². The number of hydrogen-bond donors (Lipinski definition) is 1. The molecule has 0 bridgehead atoms. The molecule has 0 amide bonds. The minimum absolute atomic E-state index is 0.289. The summed E-state index contributed by atoms with van der Waals surface area (Å²) in [6.07, 6.45) is 3.30. The molecule has 2 heterocycles. The predicted octanol–water partition coefficient (Wildman–Crippen LogP) is 1.44.